The summed E-state index contributed by atoms with van der Waals surface area (Å²) in [5.41, 5.74) is 1.41. The van der Waals surface area contributed by atoms with Crippen molar-refractivity contribution in [2.45, 2.75) is 5.09 Å². The number of furan rings is 1. The molecule has 1 rings (SSSR count). The number of halogens is 1. The Kier molecular flexibility index (Phi) is 3.92. The van der Waals surface area contributed by atoms with Gasteiger partial charge in [-0.15, -0.1) is 0 Å². The van der Waals surface area contributed by atoms with Crippen molar-refractivity contribution in [3.8, 4) is 0 Å². The number of hydrogen-bond donors (Lipinski definition) is 1. The van der Waals surface area contributed by atoms with Crippen LogP contribution in [0.4, 0.5) is 0 Å². The SMILES string of the molecule is O=C(O)c1ccc(SCC=CCl)o1. The zero-order valence-electron chi connectivity index (χ0n) is 6.57. The first-order valence-corrected chi connectivity index (χ1v) is 4.87. The van der Waals surface area contributed by atoms with Crippen LogP contribution in [0, 0.1) is 0 Å². The largest absolute Gasteiger partial charge is 0.475 e. The van der Waals surface area contributed by atoms with Gasteiger partial charge in [0.25, 0.3) is 0 Å². The van der Waals surface area contributed by atoms with Gasteiger partial charge in [-0.2, -0.15) is 0 Å². The fraction of sp³-hybridized carbons (Fsp3) is 0.125. The van der Waals surface area contributed by atoms with Gasteiger partial charge < -0.3 is 9.52 Å². The molecule has 5 heteroatoms. The molecule has 3 nitrogen and oxygen atoms in total. The third-order valence-corrected chi connectivity index (χ3v) is 2.24. The number of carbonyl (C=O) groups is 1. The van der Waals surface area contributed by atoms with Crippen molar-refractivity contribution < 1.29 is 14.3 Å². The lowest BCUT2D eigenvalue weighted by Gasteiger charge is -1.90. The lowest BCUT2D eigenvalue weighted by Crippen LogP contribution is -1.91. The van der Waals surface area contributed by atoms with Crippen LogP contribution in [0.2, 0.25) is 0 Å². The van der Waals surface area contributed by atoms with Gasteiger partial charge >= 0.3 is 5.97 Å². The third kappa shape index (κ3) is 3.16. The van der Waals surface area contributed by atoms with Crippen LogP contribution in [-0.4, -0.2) is 16.8 Å². The molecule has 0 bridgehead atoms. The average molecular weight is 219 g/mol. The highest BCUT2D eigenvalue weighted by Crippen LogP contribution is 2.20. The Morgan fingerprint density at radius 2 is 2.46 bits per heavy atom. The second-order valence-corrected chi connectivity index (χ2v) is 3.37. The third-order valence-electron chi connectivity index (χ3n) is 1.20. The van der Waals surface area contributed by atoms with E-state index in [-0.39, 0.29) is 5.76 Å². The highest BCUT2D eigenvalue weighted by atomic mass is 35.5. The van der Waals surface area contributed by atoms with Gasteiger partial charge in [0.2, 0.25) is 5.76 Å². The Balaban J connectivity index is 2.54. The van der Waals surface area contributed by atoms with Crippen molar-refractivity contribution in [3.63, 3.8) is 0 Å². The molecule has 0 saturated heterocycles. The molecule has 0 aromatic carbocycles. The monoisotopic (exact) mass is 218 g/mol. The van der Waals surface area contributed by atoms with E-state index in [2.05, 4.69) is 0 Å². The first-order valence-electron chi connectivity index (χ1n) is 3.45. The summed E-state index contributed by atoms with van der Waals surface area (Å²) in [6, 6.07) is 3.05. The number of rotatable bonds is 4. The molecular formula is C8H7ClO3S. The quantitative estimate of drug-likeness (QED) is 0.790. The molecule has 0 amide bonds. The van der Waals surface area contributed by atoms with E-state index in [0.29, 0.717) is 10.8 Å². The smallest absolute Gasteiger partial charge is 0.371 e. The summed E-state index contributed by atoms with van der Waals surface area (Å²) in [6.07, 6.45) is 1.75. The fourth-order valence-electron chi connectivity index (χ4n) is 0.679. The predicted molar refractivity (Wildman–Crippen MR) is 51.4 cm³/mol. The van der Waals surface area contributed by atoms with E-state index < -0.39 is 5.97 Å². The van der Waals surface area contributed by atoms with E-state index in [1.54, 1.807) is 12.1 Å². The maximum atomic E-state index is 10.4. The summed E-state index contributed by atoms with van der Waals surface area (Å²) in [5.74, 6) is -0.437. The Morgan fingerprint density at radius 3 is 3.00 bits per heavy atom. The first kappa shape index (κ1) is 10.2. The molecule has 0 saturated carbocycles. The van der Waals surface area contributed by atoms with E-state index in [1.165, 1.54) is 23.4 Å². The summed E-state index contributed by atoms with van der Waals surface area (Å²) in [5, 5.41) is 9.11. The minimum absolute atomic E-state index is 0.0441. The van der Waals surface area contributed by atoms with E-state index in [1.807, 2.05) is 0 Å². The van der Waals surface area contributed by atoms with Crippen molar-refractivity contribution in [1.29, 1.82) is 0 Å². The van der Waals surface area contributed by atoms with Crippen LogP contribution in [0.3, 0.4) is 0 Å². The van der Waals surface area contributed by atoms with Crippen LogP contribution in [0.25, 0.3) is 0 Å². The first-order chi connectivity index (χ1) is 6.24. The Hall–Kier alpha value is -0.870. The molecule has 1 heterocycles. The predicted octanol–water partition coefficient (Wildman–Crippen LogP) is 2.82. The minimum Gasteiger partial charge on any atom is -0.475 e. The Labute approximate surface area is 84.4 Å². The normalized spacial score (nSPS) is 10.8. The van der Waals surface area contributed by atoms with E-state index in [4.69, 9.17) is 21.1 Å². The topological polar surface area (TPSA) is 50.4 Å². The number of carboxylic acid groups (broad SMARTS) is 1. The Morgan fingerprint density at radius 1 is 1.69 bits per heavy atom. The van der Waals surface area contributed by atoms with Crippen LogP contribution in [-0.2, 0) is 0 Å². The molecule has 0 radical (unpaired) electrons. The molecule has 1 aromatic heterocycles. The molecule has 1 aromatic rings. The number of hydrogen-bond acceptors (Lipinski definition) is 3. The molecule has 0 fully saturated rings. The van der Waals surface area contributed by atoms with Gasteiger partial charge in [0, 0.05) is 11.3 Å². The highest BCUT2D eigenvalue weighted by molar-refractivity contribution is 7.99. The standard InChI is InChI=1S/C8H7ClO3S/c9-4-1-5-13-7-3-2-6(12-7)8(10)11/h1-4H,5H2,(H,10,11). The van der Waals surface area contributed by atoms with Crippen LogP contribution in [0.15, 0.2) is 33.3 Å². The lowest BCUT2D eigenvalue weighted by atomic mass is 10.5. The molecule has 0 aliphatic carbocycles. The van der Waals surface area contributed by atoms with Crippen LogP contribution >= 0.6 is 23.4 Å². The van der Waals surface area contributed by atoms with Gasteiger partial charge in [-0.1, -0.05) is 29.4 Å². The molecule has 70 valence electrons. The van der Waals surface area contributed by atoms with Crippen molar-refractivity contribution in [2.75, 3.05) is 5.75 Å². The maximum absolute atomic E-state index is 10.4. The lowest BCUT2D eigenvalue weighted by molar-refractivity contribution is 0.0656. The van der Waals surface area contributed by atoms with E-state index in [0.717, 1.165) is 0 Å². The van der Waals surface area contributed by atoms with Crippen LogP contribution < -0.4 is 0 Å². The Bertz CT molecular complexity index is 319. The molecule has 0 aliphatic heterocycles. The molecule has 13 heavy (non-hydrogen) atoms. The van der Waals surface area contributed by atoms with Crippen molar-refractivity contribution in [2.24, 2.45) is 0 Å². The summed E-state index contributed by atoms with van der Waals surface area (Å²) >= 11 is 6.69. The second-order valence-electron chi connectivity index (χ2n) is 2.10. The summed E-state index contributed by atoms with van der Waals surface area (Å²) in [4.78, 5) is 10.4. The van der Waals surface area contributed by atoms with Crippen molar-refractivity contribution >= 4 is 29.3 Å². The molecule has 0 atom stereocenters. The van der Waals surface area contributed by atoms with Gasteiger partial charge in [-0.25, -0.2) is 4.79 Å². The number of aromatic carboxylic acids is 1. The molecule has 0 spiro atoms. The highest BCUT2D eigenvalue weighted by Gasteiger charge is 2.07. The minimum atomic E-state index is -1.06. The molecule has 0 unspecified atom stereocenters. The van der Waals surface area contributed by atoms with Crippen molar-refractivity contribution in [1.82, 2.24) is 0 Å². The molecule has 0 aliphatic rings. The van der Waals surface area contributed by atoms with Crippen LogP contribution in [0.5, 0.6) is 0 Å². The fourth-order valence-corrected chi connectivity index (χ4v) is 1.54. The van der Waals surface area contributed by atoms with Crippen molar-refractivity contribution in [3.05, 3.63) is 29.5 Å². The average Bonchev–Trinajstić information content (AvgIpc) is 2.53. The zero-order chi connectivity index (χ0) is 9.68. The summed E-state index contributed by atoms with van der Waals surface area (Å²) in [7, 11) is 0. The molecule has 1 N–H and O–H groups in total. The van der Waals surface area contributed by atoms with Crippen LogP contribution in [0.1, 0.15) is 10.6 Å². The summed E-state index contributed by atoms with van der Waals surface area (Å²) < 4.78 is 4.98. The van der Waals surface area contributed by atoms with Gasteiger partial charge in [0.05, 0.1) is 0 Å². The van der Waals surface area contributed by atoms with Gasteiger partial charge in [0.15, 0.2) is 5.09 Å². The number of thioether (sulfide) groups is 1. The number of carboxylic acids is 1. The van der Waals surface area contributed by atoms with E-state index in [9.17, 15) is 4.79 Å². The zero-order valence-corrected chi connectivity index (χ0v) is 8.14. The van der Waals surface area contributed by atoms with E-state index >= 15 is 0 Å². The van der Waals surface area contributed by atoms with Gasteiger partial charge in [-0.3, -0.25) is 0 Å². The maximum Gasteiger partial charge on any atom is 0.371 e. The van der Waals surface area contributed by atoms with Gasteiger partial charge in [-0.05, 0) is 12.1 Å². The molecular weight excluding hydrogens is 212 g/mol. The summed E-state index contributed by atoms with van der Waals surface area (Å²) in [6.45, 7) is 0. The second kappa shape index (κ2) is 4.99. The van der Waals surface area contributed by atoms with Gasteiger partial charge in [0.1, 0.15) is 0 Å².